The van der Waals surface area contributed by atoms with Gasteiger partial charge in [-0.2, -0.15) is 5.10 Å². The Labute approximate surface area is 244 Å². The van der Waals surface area contributed by atoms with Gasteiger partial charge in [-0.3, -0.25) is 14.6 Å². The lowest BCUT2D eigenvalue weighted by atomic mass is 9.85. The number of fused-ring (bicyclic) bond motifs is 1. The summed E-state index contributed by atoms with van der Waals surface area (Å²) in [5.74, 6) is 2.20. The summed E-state index contributed by atoms with van der Waals surface area (Å²) in [6.07, 6.45) is 2.32. The van der Waals surface area contributed by atoms with Gasteiger partial charge in [0.2, 0.25) is 0 Å². The average molecular weight is 572 g/mol. The Bertz CT molecular complexity index is 1440. The highest BCUT2D eigenvalue weighted by Gasteiger charge is 2.43. The van der Waals surface area contributed by atoms with Gasteiger partial charge in [0.25, 0.3) is 5.91 Å². The molecule has 2 amide bonds. The standard InChI is InChI=1S/C31H37N7O4/c32-29(39)27-28(21-6-8-25(9-7-21)42-24-4-2-1-3-5-24)34-38-26(10-13-33-30(27)38)20-11-14-35(15-12-20)22-16-36(17-22)23-18-37(19-23)31(40)41/h1-9,20,22-23,26,33H,10-19H2,(H2,32,39)(H,40,41)/t26-/m0/s1. The molecule has 11 nitrogen and oxygen atoms in total. The van der Waals surface area contributed by atoms with Crippen LogP contribution >= 0.6 is 0 Å². The van der Waals surface area contributed by atoms with E-state index in [0.717, 1.165) is 69.1 Å². The number of nitrogens with two attached hydrogens (primary N) is 1. The van der Waals surface area contributed by atoms with Crippen LogP contribution in [-0.4, -0.2) is 99.5 Å². The fraction of sp³-hybridized carbons (Fsp3) is 0.452. The van der Waals surface area contributed by atoms with Crippen molar-refractivity contribution < 1.29 is 19.4 Å². The van der Waals surface area contributed by atoms with Crippen molar-refractivity contribution in [3.63, 3.8) is 0 Å². The van der Waals surface area contributed by atoms with E-state index >= 15 is 0 Å². The first kappa shape index (κ1) is 26.8. The molecule has 3 saturated heterocycles. The summed E-state index contributed by atoms with van der Waals surface area (Å²) >= 11 is 0. The molecule has 0 saturated carbocycles. The molecule has 4 N–H and O–H groups in total. The molecule has 4 aliphatic heterocycles. The zero-order valence-electron chi connectivity index (χ0n) is 23.6. The zero-order valence-corrected chi connectivity index (χ0v) is 23.6. The first-order valence-corrected chi connectivity index (χ1v) is 14.9. The molecule has 1 aromatic heterocycles. The van der Waals surface area contributed by atoms with Gasteiger partial charge in [-0.15, -0.1) is 0 Å². The molecule has 3 aromatic rings. The summed E-state index contributed by atoms with van der Waals surface area (Å²) in [6, 6.07) is 18.4. The van der Waals surface area contributed by atoms with Crippen molar-refractivity contribution in [3.05, 3.63) is 60.2 Å². The number of ether oxygens (including phenoxy) is 1. The maximum absolute atomic E-state index is 12.7. The Morgan fingerprint density at radius 1 is 0.881 bits per heavy atom. The smallest absolute Gasteiger partial charge is 0.407 e. The van der Waals surface area contributed by atoms with Crippen LogP contribution in [0.15, 0.2) is 54.6 Å². The number of hydrogen-bond donors (Lipinski definition) is 3. The van der Waals surface area contributed by atoms with Gasteiger partial charge in [-0.1, -0.05) is 18.2 Å². The molecule has 11 heteroatoms. The molecule has 0 aliphatic carbocycles. The molecular weight excluding hydrogens is 534 g/mol. The Morgan fingerprint density at radius 3 is 2.21 bits per heavy atom. The SMILES string of the molecule is NC(=O)c1c(-c2ccc(Oc3ccccc3)cc2)nn2c1NCC[C@H]2C1CCN(C2CN(C3CN(C(=O)O)C3)C2)CC1. The van der Waals surface area contributed by atoms with Gasteiger partial charge in [0, 0.05) is 50.4 Å². The molecule has 0 spiro atoms. The minimum absolute atomic E-state index is 0.214. The van der Waals surface area contributed by atoms with Crippen LogP contribution in [0, 0.1) is 5.92 Å². The van der Waals surface area contributed by atoms with Crippen molar-refractivity contribution in [2.45, 2.75) is 37.4 Å². The van der Waals surface area contributed by atoms with Gasteiger partial charge in [-0.05, 0) is 74.7 Å². The normalized spacial score (nSPS) is 22.1. The topological polar surface area (TPSA) is 129 Å². The number of carbonyl (C=O) groups is 2. The van der Waals surface area contributed by atoms with Gasteiger partial charge < -0.3 is 25.8 Å². The van der Waals surface area contributed by atoms with Crippen LogP contribution in [0.25, 0.3) is 11.3 Å². The second-order valence-electron chi connectivity index (χ2n) is 11.9. The van der Waals surface area contributed by atoms with E-state index in [0.29, 0.717) is 48.1 Å². The number of likely N-dealkylation sites (tertiary alicyclic amines) is 3. The Balaban J connectivity index is 1.01. The molecule has 220 valence electrons. The molecule has 4 aliphatic rings. The number of hydrogen-bond acceptors (Lipinski definition) is 7. The van der Waals surface area contributed by atoms with Crippen molar-refractivity contribution in [1.82, 2.24) is 24.5 Å². The van der Waals surface area contributed by atoms with Crippen molar-refractivity contribution in [1.29, 1.82) is 0 Å². The summed E-state index contributed by atoms with van der Waals surface area (Å²) < 4.78 is 7.97. The number of primary amides is 1. The van der Waals surface area contributed by atoms with E-state index < -0.39 is 12.0 Å². The minimum Gasteiger partial charge on any atom is -0.465 e. The molecule has 7 rings (SSSR count). The molecule has 42 heavy (non-hydrogen) atoms. The van der Waals surface area contributed by atoms with E-state index in [4.69, 9.17) is 20.7 Å². The van der Waals surface area contributed by atoms with Crippen LogP contribution < -0.4 is 15.8 Å². The maximum atomic E-state index is 12.7. The lowest BCUT2D eigenvalue weighted by Gasteiger charge is -2.54. The number of rotatable bonds is 7. The third kappa shape index (κ3) is 4.96. The van der Waals surface area contributed by atoms with E-state index in [9.17, 15) is 9.59 Å². The number of anilines is 1. The predicted molar refractivity (Wildman–Crippen MR) is 158 cm³/mol. The lowest BCUT2D eigenvalue weighted by Crippen LogP contribution is -2.70. The monoisotopic (exact) mass is 571 g/mol. The fourth-order valence-corrected chi connectivity index (χ4v) is 7.01. The van der Waals surface area contributed by atoms with E-state index in [-0.39, 0.29) is 6.04 Å². The summed E-state index contributed by atoms with van der Waals surface area (Å²) in [6.45, 7) is 6.20. The first-order chi connectivity index (χ1) is 20.4. The number of para-hydroxylation sites is 1. The Kier molecular flexibility index (Phi) is 6.99. The number of benzene rings is 2. The molecule has 3 fully saturated rings. The van der Waals surface area contributed by atoms with E-state index in [1.807, 2.05) is 59.3 Å². The largest absolute Gasteiger partial charge is 0.465 e. The van der Waals surface area contributed by atoms with E-state index in [1.54, 1.807) is 0 Å². The zero-order chi connectivity index (χ0) is 28.8. The number of aromatic nitrogens is 2. The lowest BCUT2D eigenvalue weighted by molar-refractivity contribution is -0.0530. The summed E-state index contributed by atoms with van der Waals surface area (Å²) in [5.41, 5.74) is 7.80. The van der Waals surface area contributed by atoms with Crippen molar-refractivity contribution in [3.8, 4) is 22.8 Å². The van der Waals surface area contributed by atoms with Crippen LogP contribution in [-0.2, 0) is 0 Å². The number of carboxylic acid groups (broad SMARTS) is 1. The van der Waals surface area contributed by atoms with Crippen LogP contribution in [0.3, 0.4) is 0 Å². The van der Waals surface area contributed by atoms with Crippen molar-refractivity contribution in [2.75, 3.05) is 51.1 Å². The highest BCUT2D eigenvalue weighted by molar-refractivity contribution is 6.03. The second-order valence-corrected chi connectivity index (χ2v) is 11.9. The summed E-state index contributed by atoms with van der Waals surface area (Å²) in [4.78, 5) is 30.3. The summed E-state index contributed by atoms with van der Waals surface area (Å²) in [7, 11) is 0. The van der Waals surface area contributed by atoms with Gasteiger partial charge in [0.05, 0.1) is 6.04 Å². The second kappa shape index (κ2) is 11.0. The molecule has 5 heterocycles. The molecular formula is C31H37N7O4. The molecule has 0 radical (unpaired) electrons. The van der Waals surface area contributed by atoms with Gasteiger partial charge in [0.1, 0.15) is 28.6 Å². The van der Waals surface area contributed by atoms with Gasteiger partial charge >= 0.3 is 6.09 Å². The fourth-order valence-electron chi connectivity index (χ4n) is 7.01. The number of piperidine rings is 1. The van der Waals surface area contributed by atoms with Crippen molar-refractivity contribution >= 4 is 17.8 Å². The number of carbonyl (C=O) groups excluding carboxylic acids is 1. The first-order valence-electron chi connectivity index (χ1n) is 14.9. The predicted octanol–water partition coefficient (Wildman–Crippen LogP) is 3.56. The van der Waals surface area contributed by atoms with Crippen LogP contribution in [0.1, 0.15) is 35.7 Å². The number of nitrogens with zero attached hydrogens (tertiary/aromatic N) is 5. The Morgan fingerprint density at radius 2 is 1.55 bits per heavy atom. The number of amides is 2. The highest BCUT2D eigenvalue weighted by atomic mass is 16.5. The van der Waals surface area contributed by atoms with E-state index in [1.165, 1.54) is 4.90 Å². The van der Waals surface area contributed by atoms with E-state index in [2.05, 4.69) is 15.1 Å². The van der Waals surface area contributed by atoms with Gasteiger partial charge in [0.15, 0.2) is 0 Å². The Hall–Kier alpha value is -4.09. The van der Waals surface area contributed by atoms with Crippen LogP contribution in [0.2, 0.25) is 0 Å². The molecule has 1 atom stereocenters. The third-order valence-electron chi connectivity index (χ3n) is 9.48. The number of nitrogens with one attached hydrogen (secondary N) is 1. The van der Waals surface area contributed by atoms with Crippen molar-refractivity contribution in [2.24, 2.45) is 11.7 Å². The van der Waals surface area contributed by atoms with Gasteiger partial charge in [-0.25, -0.2) is 9.48 Å². The van der Waals surface area contributed by atoms with Crippen LogP contribution in [0.5, 0.6) is 11.5 Å². The third-order valence-corrected chi connectivity index (χ3v) is 9.48. The minimum atomic E-state index is -0.815. The quantitative estimate of drug-likeness (QED) is 0.393. The highest BCUT2D eigenvalue weighted by Crippen LogP contribution is 2.41. The molecule has 0 unspecified atom stereocenters. The van der Waals surface area contributed by atoms with Crippen LogP contribution in [0.4, 0.5) is 10.6 Å². The molecule has 0 bridgehead atoms. The molecule has 2 aromatic carbocycles. The maximum Gasteiger partial charge on any atom is 0.407 e. The summed E-state index contributed by atoms with van der Waals surface area (Å²) in [5, 5.41) is 17.5. The average Bonchev–Trinajstić information content (AvgIpc) is 3.35.